The van der Waals surface area contributed by atoms with E-state index in [1.165, 1.54) is 25.3 Å². The van der Waals surface area contributed by atoms with E-state index in [1.807, 2.05) is 0 Å². The number of alkyl halides is 3. The highest BCUT2D eigenvalue weighted by Crippen LogP contribution is 2.36. The first kappa shape index (κ1) is 23.9. The number of carbonyl (C=O) groups is 1. The summed E-state index contributed by atoms with van der Waals surface area (Å²) in [5.74, 6) is -1.55. The maximum Gasteiger partial charge on any atom is 0.422 e. The minimum absolute atomic E-state index is 0.0351. The summed E-state index contributed by atoms with van der Waals surface area (Å²) in [7, 11) is 0. The van der Waals surface area contributed by atoms with Gasteiger partial charge in [-0.1, -0.05) is 19.1 Å². The molecule has 0 bridgehead atoms. The van der Waals surface area contributed by atoms with Gasteiger partial charge in [0, 0.05) is 29.9 Å². The normalized spacial score (nSPS) is 14.2. The van der Waals surface area contributed by atoms with Gasteiger partial charge < -0.3 is 21.9 Å². The highest BCUT2D eigenvalue weighted by atomic mass is 19.4. The van der Waals surface area contributed by atoms with Crippen molar-refractivity contribution in [2.75, 3.05) is 0 Å². The van der Waals surface area contributed by atoms with Gasteiger partial charge in [-0.3, -0.25) is 4.79 Å². The van der Waals surface area contributed by atoms with E-state index in [2.05, 4.69) is 15.3 Å². The highest BCUT2D eigenvalue weighted by molar-refractivity contribution is 6.00. The van der Waals surface area contributed by atoms with Crippen LogP contribution in [0.5, 0.6) is 0 Å². The second-order valence-corrected chi connectivity index (χ2v) is 7.30. The summed E-state index contributed by atoms with van der Waals surface area (Å²) >= 11 is 0. The zero-order chi connectivity index (χ0) is 24.4. The molecule has 6 N–H and O–H groups in total. The minimum atomic E-state index is -4.93. The van der Waals surface area contributed by atoms with E-state index in [0.29, 0.717) is 22.0 Å². The smallest absolute Gasteiger partial charge is 0.398 e. The number of nitrogens with two attached hydrogens (primary N) is 2. The van der Waals surface area contributed by atoms with Crippen LogP contribution in [0.1, 0.15) is 29.4 Å². The number of halogens is 4. The first-order valence-electron chi connectivity index (χ1n) is 9.81. The largest absolute Gasteiger partial charge is 0.422 e. The van der Waals surface area contributed by atoms with Crippen LogP contribution in [0.15, 0.2) is 54.5 Å². The van der Waals surface area contributed by atoms with E-state index in [9.17, 15) is 27.5 Å². The standard InChI is InChI=1S/C22H21F4N5O2/c1-2-21(33,22(24,25)26)18(27)11-29-10-12-5-6-13-15(14-4-3-7-30-19(14)23)9-17(20(28)32)31-16(13)8-12/h3-9,11,29,33H,2,10,27H2,1H3,(H2,28,32)/b18-11-/t21-/m0/s1. The molecule has 2 aromatic heterocycles. The van der Waals surface area contributed by atoms with E-state index >= 15 is 0 Å². The molecule has 1 aromatic carbocycles. The Labute approximate surface area is 186 Å². The van der Waals surface area contributed by atoms with Crippen molar-refractivity contribution in [1.29, 1.82) is 0 Å². The molecule has 0 spiro atoms. The maximum atomic E-state index is 14.3. The van der Waals surface area contributed by atoms with Gasteiger partial charge in [0.05, 0.1) is 11.2 Å². The minimum Gasteiger partial charge on any atom is -0.398 e. The van der Waals surface area contributed by atoms with Crippen LogP contribution in [0.3, 0.4) is 0 Å². The van der Waals surface area contributed by atoms with Crippen molar-refractivity contribution in [1.82, 2.24) is 15.3 Å². The Morgan fingerprint density at radius 1 is 1.18 bits per heavy atom. The lowest BCUT2D eigenvalue weighted by atomic mass is 9.96. The van der Waals surface area contributed by atoms with Crippen molar-refractivity contribution in [3.63, 3.8) is 0 Å². The summed E-state index contributed by atoms with van der Waals surface area (Å²) < 4.78 is 53.6. The van der Waals surface area contributed by atoms with E-state index < -0.39 is 35.8 Å². The fourth-order valence-corrected chi connectivity index (χ4v) is 3.29. The molecule has 174 valence electrons. The van der Waals surface area contributed by atoms with Crippen LogP contribution in [0.2, 0.25) is 0 Å². The van der Waals surface area contributed by atoms with Crippen LogP contribution in [-0.4, -0.2) is 32.8 Å². The number of hydrogen-bond acceptors (Lipinski definition) is 6. The van der Waals surface area contributed by atoms with E-state index in [4.69, 9.17) is 11.5 Å². The average molecular weight is 463 g/mol. The molecule has 0 unspecified atom stereocenters. The van der Waals surface area contributed by atoms with Crippen LogP contribution in [0.25, 0.3) is 22.0 Å². The number of carbonyl (C=O) groups excluding carboxylic acids is 1. The first-order chi connectivity index (χ1) is 15.5. The molecule has 0 aliphatic heterocycles. The molecule has 0 aliphatic carbocycles. The van der Waals surface area contributed by atoms with Gasteiger partial charge >= 0.3 is 6.18 Å². The quantitative estimate of drug-likeness (QED) is 0.315. The van der Waals surface area contributed by atoms with E-state index in [-0.39, 0.29) is 17.8 Å². The Morgan fingerprint density at radius 2 is 1.91 bits per heavy atom. The third-order valence-corrected chi connectivity index (χ3v) is 5.20. The molecule has 2 heterocycles. The molecule has 0 radical (unpaired) electrons. The first-order valence-corrected chi connectivity index (χ1v) is 9.81. The van der Waals surface area contributed by atoms with Gasteiger partial charge in [-0.05, 0) is 41.8 Å². The number of nitrogens with one attached hydrogen (secondary N) is 1. The molecular formula is C22H21F4N5O2. The third kappa shape index (κ3) is 4.72. The maximum absolute atomic E-state index is 14.3. The van der Waals surface area contributed by atoms with Crippen LogP contribution in [-0.2, 0) is 6.54 Å². The summed E-state index contributed by atoms with van der Waals surface area (Å²) in [6.45, 7) is 1.20. The molecule has 1 amide bonds. The molecule has 33 heavy (non-hydrogen) atoms. The molecular weight excluding hydrogens is 442 g/mol. The van der Waals surface area contributed by atoms with Gasteiger partial charge in [-0.25, -0.2) is 9.97 Å². The fourth-order valence-electron chi connectivity index (χ4n) is 3.29. The van der Waals surface area contributed by atoms with Gasteiger partial charge in [0.15, 0.2) is 0 Å². The predicted octanol–water partition coefficient (Wildman–Crippen LogP) is 3.13. The number of pyridine rings is 2. The molecule has 11 heteroatoms. The van der Waals surface area contributed by atoms with Crippen molar-refractivity contribution >= 4 is 16.8 Å². The molecule has 0 aliphatic rings. The summed E-state index contributed by atoms with van der Waals surface area (Å²) in [6.07, 6.45) is -3.40. The molecule has 1 atom stereocenters. The van der Waals surface area contributed by atoms with E-state index in [1.54, 1.807) is 24.3 Å². The van der Waals surface area contributed by atoms with Crippen LogP contribution >= 0.6 is 0 Å². The Balaban J connectivity index is 1.96. The predicted molar refractivity (Wildman–Crippen MR) is 114 cm³/mol. The van der Waals surface area contributed by atoms with Crippen molar-refractivity contribution in [3.05, 3.63) is 71.7 Å². The Kier molecular flexibility index (Phi) is 6.54. The topological polar surface area (TPSA) is 127 Å². The monoisotopic (exact) mass is 463 g/mol. The third-order valence-electron chi connectivity index (χ3n) is 5.20. The zero-order valence-electron chi connectivity index (χ0n) is 17.4. The Hall–Kier alpha value is -3.73. The van der Waals surface area contributed by atoms with Gasteiger partial charge in [0.2, 0.25) is 11.5 Å². The Morgan fingerprint density at radius 3 is 2.52 bits per heavy atom. The number of hydrogen-bond donors (Lipinski definition) is 4. The van der Waals surface area contributed by atoms with Crippen LogP contribution in [0, 0.1) is 5.95 Å². The van der Waals surface area contributed by atoms with Gasteiger partial charge in [0.25, 0.3) is 5.91 Å². The van der Waals surface area contributed by atoms with Gasteiger partial charge in [0.1, 0.15) is 5.69 Å². The lowest BCUT2D eigenvalue weighted by molar-refractivity contribution is -0.245. The van der Waals surface area contributed by atoms with Gasteiger partial charge in [-0.15, -0.1) is 0 Å². The summed E-state index contributed by atoms with van der Waals surface area (Å²) in [5, 5.41) is 13.0. The van der Waals surface area contributed by atoms with Gasteiger partial charge in [-0.2, -0.15) is 17.6 Å². The number of aliphatic hydroxyl groups is 1. The lowest BCUT2D eigenvalue weighted by Gasteiger charge is -2.29. The summed E-state index contributed by atoms with van der Waals surface area (Å²) in [4.78, 5) is 19.6. The average Bonchev–Trinajstić information content (AvgIpc) is 2.77. The lowest BCUT2D eigenvalue weighted by Crippen LogP contribution is -2.49. The number of amides is 1. The van der Waals surface area contributed by atoms with Crippen molar-refractivity contribution in [3.8, 4) is 11.1 Å². The number of fused-ring (bicyclic) bond motifs is 1. The molecule has 0 saturated carbocycles. The number of primary amides is 1. The van der Waals surface area contributed by atoms with E-state index in [0.717, 1.165) is 6.20 Å². The van der Waals surface area contributed by atoms with Crippen molar-refractivity contribution in [2.24, 2.45) is 11.5 Å². The highest BCUT2D eigenvalue weighted by Gasteiger charge is 2.54. The Bertz CT molecular complexity index is 1230. The zero-order valence-corrected chi connectivity index (χ0v) is 17.4. The van der Waals surface area contributed by atoms with Crippen molar-refractivity contribution < 1.29 is 27.5 Å². The van der Waals surface area contributed by atoms with Crippen molar-refractivity contribution in [2.45, 2.75) is 31.7 Å². The molecule has 7 nitrogen and oxygen atoms in total. The molecule has 0 saturated heterocycles. The summed E-state index contributed by atoms with van der Waals surface area (Å²) in [6, 6.07) is 9.28. The molecule has 3 rings (SSSR count). The molecule has 3 aromatic rings. The SMILES string of the molecule is CC[C@](O)(/C(N)=C/NCc1ccc2c(-c3cccnc3F)cc(C(N)=O)nc2c1)C(F)(F)F. The number of benzene rings is 1. The second-order valence-electron chi connectivity index (χ2n) is 7.30. The van der Waals surface area contributed by atoms with Crippen LogP contribution < -0.4 is 16.8 Å². The number of nitrogens with zero attached hydrogens (tertiary/aromatic N) is 2. The second kappa shape index (κ2) is 9.02. The fraction of sp³-hybridized carbons (Fsp3) is 0.227. The number of aromatic nitrogens is 2. The summed E-state index contributed by atoms with van der Waals surface area (Å²) in [5.41, 5.74) is 8.24. The molecule has 0 fully saturated rings. The van der Waals surface area contributed by atoms with Crippen LogP contribution in [0.4, 0.5) is 17.6 Å². The number of rotatable bonds is 7.